The van der Waals surface area contributed by atoms with E-state index in [1.54, 1.807) is 25.1 Å². The molecule has 0 saturated heterocycles. The largest absolute Gasteiger partial charge is 0.503 e. The molecule has 4 aromatic rings. The summed E-state index contributed by atoms with van der Waals surface area (Å²) in [6.45, 7) is 3.76. The minimum absolute atomic E-state index is 0.0437. The zero-order valence-corrected chi connectivity index (χ0v) is 23.4. The Morgan fingerprint density at radius 3 is 2.55 bits per heavy atom. The highest BCUT2D eigenvalue weighted by Crippen LogP contribution is 2.44. The molecule has 0 aliphatic carbocycles. The molecule has 3 heterocycles. The Morgan fingerprint density at radius 2 is 1.89 bits per heavy atom. The van der Waals surface area contributed by atoms with Crippen molar-refractivity contribution >= 4 is 63.1 Å². The lowest BCUT2D eigenvalue weighted by atomic mass is 9.94. The van der Waals surface area contributed by atoms with Crippen molar-refractivity contribution in [1.82, 2.24) is 10.2 Å². The summed E-state index contributed by atoms with van der Waals surface area (Å²) in [7, 11) is 0. The number of aryl methyl sites for hydroxylation is 2. The molecule has 11 heteroatoms. The van der Waals surface area contributed by atoms with Crippen molar-refractivity contribution in [3.8, 4) is 0 Å². The fourth-order valence-electron chi connectivity index (χ4n) is 4.11. The Hall–Kier alpha value is -3.11. The maximum absolute atomic E-state index is 13.5. The molecular weight excluding hydrogens is 565 g/mol. The monoisotopic (exact) mass is 585 g/mol. The third-order valence-corrected chi connectivity index (χ3v) is 8.78. The number of carbonyl (C=O) groups is 2. The quantitative estimate of drug-likeness (QED) is 0.131. The molecule has 0 fully saturated rings. The standard InChI is InChI=1S/C27H21Cl2N3O4S2/c1-3-15-5-7-16(8-6-15)22-21(23(33)20-11-4-14(2)36-20)24(34)25(35)32(22)26-30-31-27(38-26)37-13-17-9-10-18(28)12-19(17)29/h4-12,22,34H,3,13H2,1-2H3. The molecule has 1 atom stereocenters. The molecule has 7 nitrogen and oxygen atoms in total. The third-order valence-electron chi connectivity index (χ3n) is 6.09. The first-order valence-electron chi connectivity index (χ1n) is 11.6. The van der Waals surface area contributed by atoms with Gasteiger partial charge in [-0.25, -0.2) is 0 Å². The average Bonchev–Trinajstić information content (AvgIpc) is 3.62. The summed E-state index contributed by atoms with van der Waals surface area (Å²) in [4.78, 5) is 28.2. The second kappa shape index (κ2) is 10.9. The molecule has 2 aromatic heterocycles. The number of amides is 1. The van der Waals surface area contributed by atoms with Crippen molar-refractivity contribution in [2.24, 2.45) is 0 Å². The van der Waals surface area contributed by atoms with Gasteiger partial charge < -0.3 is 9.52 Å². The first-order chi connectivity index (χ1) is 18.3. The molecule has 1 aliphatic rings. The van der Waals surface area contributed by atoms with E-state index >= 15 is 0 Å². The van der Waals surface area contributed by atoms with Crippen LogP contribution in [0.3, 0.4) is 0 Å². The lowest BCUT2D eigenvalue weighted by molar-refractivity contribution is -0.117. The van der Waals surface area contributed by atoms with Crippen LogP contribution in [0.4, 0.5) is 5.13 Å². The first kappa shape index (κ1) is 26.5. The van der Waals surface area contributed by atoms with Gasteiger partial charge in [-0.05, 0) is 54.3 Å². The second-order valence-electron chi connectivity index (χ2n) is 8.55. The van der Waals surface area contributed by atoms with Gasteiger partial charge in [-0.15, -0.1) is 10.2 Å². The minimum Gasteiger partial charge on any atom is -0.503 e. The van der Waals surface area contributed by atoms with Crippen LogP contribution in [-0.2, 0) is 17.0 Å². The smallest absolute Gasteiger partial charge is 0.296 e. The van der Waals surface area contributed by atoms with Gasteiger partial charge in [0.1, 0.15) is 5.76 Å². The number of thioether (sulfide) groups is 1. The van der Waals surface area contributed by atoms with Crippen LogP contribution in [0.25, 0.3) is 0 Å². The summed E-state index contributed by atoms with van der Waals surface area (Å²) in [5.74, 6) is -0.814. The number of ketones is 1. The van der Waals surface area contributed by atoms with E-state index < -0.39 is 23.5 Å². The third kappa shape index (κ3) is 5.11. The van der Waals surface area contributed by atoms with E-state index in [0.717, 1.165) is 17.5 Å². The van der Waals surface area contributed by atoms with Gasteiger partial charge in [0.25, 0.3) is 5.91 Å². The van der Waals surface area contributed by atoms with E-state index in [1.165, 1.54) is 34.1 Å². The Bertz CT molecular complexity index is 1560. The van der Waals surface area contributed by atoms with E-state index in [4.69, 9.17) is 27.6 Å². The van der Waals surface area contributed by atoms with Gasteiger partial charge in [0, 0.05) is 15.8 Å². The Kier molecular flexibility index (Phi) is 7.63. The predicted octanol–water partition coefficient (Wildman–Crippen LogP) is 7.38. The van der Waals surface area contributed by atoms with E-state index in [2.05, 4.69) is 10.2 Å². The number of rotatable bonds is 8. The molecule has 0 saturated carbocycles. The van der Waals surface area contributed by atoms with Crippen molar-refractivity contribution < 1.29 is 19.1 Å². The van der Waals surface area contributed by atoms with Crippen molar-refractivity contribution in [2.75, 3.05) is 4.90 Å². The fraction of sp³-hybridized carbons (Fsp3) is 0.185. The van der Waals surface area contributed by atoms with Gasteiger partial charge in [-0.2, -0.15) is 0 Å². The molecule has 1 amide bonds. The lowest BCUT2D eigenvalue weighted by Crippen LogP contribution is -2.31. The molecule has 1 unspecified atom stereocenters. The maximum atomic E-state index is 13.5. The van der Waals surface area contributed by atoms with E-state index in [9.17, 15) is 14.7 Å². The van der Waals surface area contributed by atoms with Crippen molar-refractivity contribution in [1.29, 1.82) is 0 Å². The summed E-state index contributed by atoms with van der Waals surface area (Å²) < 4.78 is 6.12. The molecule has 0 bridgehead atoms. The summed E-state index contributed by atoms with van der Waals surface area (Å²) in [5.41, 5.74) is 2.57. The number of anilines is 1. The van der Waals surface area contributed by atoms with Crippen LogP contribution < -0.4 is 4.90 Å². The number of furan rings is 1. The summed E-state index contributed by atoms with van der Waals surface area (Å²) in [6, 6.07) is 15.1. The SMILES string of the molecule is CCc1ccc(C2C(C(=O)c3ccc(C)o3)=C(O)C(=O)N2c2nnc(SCc3ccc(Cl)cc3Cl)s2)cc1. The van der Waals surface area contributed by atoms with Crippen LogP contribution in [0, 0.1) is 6.92 Å². The number of hydrogen-bond donors (Lipinski definition) is 1. The van der Waals surface area contributed by atoms with Crippen LogP contribution in [0.1, 0.15) is 46.0 Å². The van der Waals surface area contributed by atoms with Gasteiger partial charge in [0.2, 0.25) is 10.9 Å². The van der Waals surface area contributed by atoms with Gasteiger partial charge >= 0.3 is 0 Å². The number of carbonyl (C=O) groups excluding carboxylic acids is 2. The van der Waals surface area contributed by atoms with Gasteiger partial charge in [-0.3, -0.25) is 14.5 Å². The molecule has 1 N–H and O–H groups in total. The minimum atomic E-state index is -0.900. The molecule has 38 heavy (non-hydrogen) atoms. The van der Waals surface area contributed by atoms with Gasteiger partial charge in [-0.1, -0.05) is 83.6 Å². The van der Waals surface area contributed by atoms with E-state index in [-0.39, 0.29) is 16.5 Å². The van der Waals surface area contributed by atoms with Crippen LogP contribution in [0.5, 0.6) is 0 Å². The Balaban J connectivity index is 1.49. The van der Waals surface area contributed by atoms with Crippen LogP contribution in [0.2, 0.25) is 10.0 Å². The van der Waals surface area contributed by atoms with Gasteiger partial charge in [0.05, 0.1) is 11.6 Å². The molecular formula is C27H21Cl2N3O4S2. The fourth-order valence-corrected chi connectivity index (χ4v) is 6.54. The normalized spacial score (nSPS) is 15.5. The first-order valence-corrected chi connectivity index (χ1v) is 14.2. The van der Waals surface area contributed by atoms with Crippen LogP contribution >= 0.6 is 46.3 Å². The maximum Gasteiger partial charge on any atom is 0.296 e. The summed E-state index contributed by atoms with van der Waals surface area (Å²) in [5, 5.41) is 20.8. The number of Topliss-reactive ketones (excluding diaryl/α,β-unsaturated/α-hetero) is 1. The summed E-state index contributed by atoms with van der Waals surface area (Å²) in [6.07, 6.45) is 0.834. The van der Waals surface area contributed by atoms with Crippen molar-refractivity contribution in [3.05, 3.63) is 104 Å². The zero-order valence-electron chi connectivity index (χ0n) is 20.3. The summed E-state index contributed by atoms with van der Waals surface area (Å²) >= 11 is 14.9. The number of benzene rings is 2. The second-order valence-corrected chi connectivity index (χ2v) is 11.6. The average molecular weight is 587 g/mol. The zero-order chi connectivity index (χ0) is 27.0. The Morgan fingerprint density at radius 1 is 1.13 bits per heavy atom. The number of halogens is 2. The number of aromatic nitrogens is 2. The molecule has 0 spiro atoms. The van der Waals surface area contributed by atoms with Crippen molar-refractivity contribution in [3.63, 3.8) is 0 Å². The molecule has 5 rings (SSSR count). The lowest BCUT2D eigenvalue weighted by Gasteiger charge is -2.24. The Labute approximate surface area is 237 Å². The predicted molar refractivity (Wildman–Crippen MR) is 149 cm³/mol. The van der Waals surface area contributed by atoms with Crippen LogP contribution in [-0.4, -0.2) is 27.0 Å². The van der Waals surface area contributed by atoms with Crippen molar-refractivity contribution in [2.45, 2.75) is 36.4 Å². The van der Waals surface area contributed by atoms with E-state index in [0.29, 0.717) is 31.5 Å². The number of nitrogens with zero attached hydrogens (tertiary/aromatic N) is 3. The molecule has 1 aliphatic heterocycles. The number of aliphatic hydroxyl groups is 1. The molecule has 194 valence electrons. The molecule has 2 aromatic carbocycles. The number of aliphatic hydroxyl groups excluding tert-OH is 1. The number of hydrogen-bond acceptors (Lipinski definition) is 8. The highest BCUT2D eigenvalue weighted by atomic mass is 35.5. The highest BCUT2D eigenvalue weighted by molar-refractivity contribution is 8.00. The van der Waals surface area contributed by atoms with Crippen LogP contribution in [0.15, 0.2) is 74.7 Å². The molecule has 0 radical (unpaired) electrons. The highest BCUT2D eigenvalue weighted by Gasteiger charge is 2.46. The van der Waals surface area contributed by atoms with Gasteiger partial charge in [0.15, 0.2) is 15.9 Å². The van der Waals surface area contributed by atoms with E-state index in [1.807, 2.05) is 37.3 Å². The topological polar surface area (TPSA) is 96.5 Å².